The standard InChI is InChI=1S/C15H11BrN6O2S/c1-8-18-15(24-21-8)10-3-2-4-22-12(19-20-13(10)22)6-17-14(23)11-5-9(16)7-25-11/h2-5,7H,6H2,1H3,(H,17,23). The van der Waals surface area contributed by atoms with Crippen LogP contribution in [0, 0.1) is 6.92 Å². The number of aromatic nitrogens is 5. The SMILES string of the molecule is Cc1noc(-c2cccn3c(CNC(=O)c4cc(Br)cs4)nnc23)n1. The number of thiophene rings is 1. The average molecular weight is 419 g/mol. The second-order valence-corrected chi connectivity index (χ2v) is 7.02. The number of nitrogens with zero attached hydrogens (tertiary/aromatic N) is 5. The molecule has 0 spiro atoms. The predicted molar refractivity (Wildman–Crippen MR) is 94.2 cm³/mol. The van der Waals surface area contributed by atoms with Gasteiger partial charge in [0.15, 0.2) is 17.3 Å². The topological polar surface area (TPSA) is 98.2 Å². The van der Waals surface area contributed by atoms with Crippen LogP contribution >= 0.6 is 27.3 Å². The highest BCUT2D eigenvalue weighted by molar-refractivity contribution is 9.10. The third-order valence-electron chi connectivity index (χ3n) is 3.46. The van der Waals surface area contributed by atoms with E-state index in [1.165, 1.54) is 11.3 Å². The van der Waals surface area contributed by atoms with Gasteiger partial charge in [-0.15, -0.1) is 21.5 Å². The van der Waals surface area contributed by atoms with Crippen LogP contribution in [0.3, 0.4) is 0 Å². The fourth-order valence-corrected chi connectivity index (χ4v) is 3.68. The van der Waals surface area contributed by atoms with E-state index in [2.05, 4.69) is 41.6 Å². The van der Waals surface area contributed by atoms with E-state index in [0.717, 1.165) is 4.47 Å². The number of aryl methyl sites for hydroxylation is 1. The number of amides is 1. The molecule has 10 heteroatoms. The Kier molecular flexibility index (Phi) is 4.06. The Labute approximate surface area is 154 Å². The van der Waals surface area contributed by atoms with Gasteiger partial charge in [0, 0.05) is 16.0 Å². The van der Waals surface area contributed by atoms with Crippen molar-refractivity contribution < 1.29 is 9.32 Å². The van der Waals surface area contributed by atoms with Crippen molar-refractivity contribution in [2.75, 3.05) is 0 Å². The molecule has 0 saturated heterocycles. The Morgan fingerprint density at radius 2 is 2.32 bits per heavy atom. The lowest BCUT2D eigenvalue weighted by Crippen LogP contribution is -2.23. The molecular formula is C15H11BrN6O2S. The van der Waals surface area contributed by atoms with E-state index >= 15 is 0 Å². The number of carbonyl (C=O) groups is 1. The maximum absolute atomic E-state index is 12.2. The maximum atomic E-state index is 12.2. The zero-order valence-corrected chi connectivity index (χ0v) is 15.3. The van der Waals surface area contributed by atoms with Crippen molar-refractivity contribution in [2.45, 2.75) is 13.5 Å². The molecule has 126 valence electrons. The second kappa shape index (κ2) is 6.37. The molecule has 4 rings (SSSR count). The minimum Gasteiger partial charge on any atom is -0.344 e. The number of rotatable bonds is 4. The molecule has 4 aromatic rings. The van der Waals surface area contributed by atoms with E-state index in [-0.39, 0.29) is 12.5 Å². The summed E-state index contributed by atoms with van der Waals surface area (Å²) < 4.78 is 7.89. The maximum Gasteiger partial charge on any atom is 0.261 e. The number of halogens is 1. The Hall–Kier alpha value is -2.59. The quantitative estimate of drug-likeness (QED) is 0.546. The van der Waals surface area contributed by atoms with Crippen LogP contribution in [0.25, 0.3) is 17.1 Å². The van der Waals surface area contributed by atoms with E-state index < -0.39 is 0 Å². The molecule has 0 aliphatic rings. The molecule has 1 amide bonds. The first-order valence-corrected chi connectivity index (χ1v) is 8.94. The molecule has 0 aromatic carbocycles. The van der Waals surface area contributed by atoms with Crippen LogP contribution in [0.15, 0.2) is 38.8 Å². The van der Waals surface area contributed by atoms with Gasteiger partial charge in [0.05, 0.1) is 17.0 Å². The Morgan fingerprint density at radius 3 is 3.04 bits per heavy atom. The van der Waals surface area contributed by atoms with E-state index in [4.69, 9.17) is 4.52 Å². The summed E-state index contributed by atoms with van der Waals surface area (Å²) in [6.07, 6.45) is 1.82. The van der Waals surface area contributed by atoms with Gasteiger partial charge in [-0.25, -0.2) is 0 Å². The van der Waals surface area contributed by atoms with Gasteiger partial charge in [0.1, 0.15) is 0 Å². The van der Waals surface area contributed by atoms with Crippen LogP contribution in [0.5, 0.6) is 0 Å². The van der Waals surface area contributed by atoms with Crippen molar-refractivity contribution in [3.63, 3.8) is 0 Å². The molecule has 0 aliphatic carbocycles. The molecule has 1 N–H and O–H groups in total. The van der Waals surface area contributed by atoms with Gasteiger partial charge in [0.25, 0.3) is 11.8 Å². The van der Waals surface area contributed by atoms with Crippen LogP contribution < -0.4 is 5.32 Å². The summed E-state index contributed by atoms with van der Waals surface area (Å²) in [7, 11) is 0. The van der Waals surface area contributed by atoms with Crippen LogP contribution in [0.2, 0.25) is 0 Å². The highest BCUT2D eigenvalue weighted by atomic mass is 79.9. The summed E-state index contributed by atoms with van der Waals surface area (Å²) in [5.74, 6) is 1.38. The van der Waals surface area contributed by atoms with Gasteiger partial charge in [-0.05, 0) is 41.1 Å². The zero-order valence-electron chi connectivity index (χ0n) is 12.9. The van der Waals surface area contributed by atoms with Crippen LogP contribution in [-0.2, 0) is 6.54 Å². The molecule has 0 bridgehead atoms. The molecule has 0 aliphatic heterocycles. The molecule has 0 atom stereocenters. The molecule has 4 heterocycles. The largest absolute Gasteiger partial charge is 0.344 e. The molecular weight excluding hydrogens is 408 g/mol. The fraction of sp³-hybridized carbons (Fsp3) is 0.133. The molecule has 0 saturated carbocycles. The number of nitrogens with one attached hydrogen (secondary N) is 1. The summed E-state index contributed by atoms with van der Waals surface area (Å²) in [5, 5.41) is 16.9. The van der Waals surface area contributed by atoms with Crippen molar-refractivity contribution >= 4 is 38.8 Å². The molecule has 8 nitrogen and oxygen atoms in total. The van der Waals surface area contributed by atoms with Gasteiger partial charge in [-0.2, -0.15) is 4.98 Å². The van der Waals surface area contributed by atoms with Gasteiger partial charge in [0.2, 0.25) is 0 Å². The third-order valence-corrected chi connectivity index (χ3v) is 5.15. The minimum absolute atomic E-state index is 0.156. The summed E-state index contributed by atoms with van der Waals surface area (Å²) in [6.45, 7) is 2.00. The zero-order chi connectivity index (χ0) is 17.4. The summed E-state index contributed by atoms with van der Waals surface area (Å²) in [5.41, 5.74) is 1.28. The van der Waals surface area contributed by atoms with Crippen LogP contribution in [0.4, 0.5) is 0 Å². The molecule has 0 radical (unpaired) electrons. The third kappa shape index (κ3) is 3.05. The lowest BCUT2D eigenvalue weighted by molar-refractivity contribution is 0.0954. The van der Waals surface area contributed by atoms with Crippen molar-refractivity contribution in [3.05, 3.63) is 50.8 Å². The number of hydrogen-bond acceptors (Lipinski definition) is 7. The first-order valence-electron chi connectivity index (χ1n) is 7.27. The van der Waals surface area contributed by atoms with Crippen molar-refractivity contribution in [1.29, 1.82) is 0 Å². The van der Waals surface area contributed by atoms with Crippen molar-refractivity contribution in [2.24, 2.45) is 0 Å². The van der Waals surface area contributed by atoms with E-state index in [9.17, 15) is 4.79 Å². The average Bonchev–Trinajstić information content (AvgIpc) is 3.32. The van der Waals surface area contributed by atoms with Gasteiger partial charge < -0.3 is 9.84 Å². The lowest BCUT2D eigenvalue weighted by atomic mass is 10.2. The number of hydrogen-bond donors (Lipinski definition) is 1. The molecule has 4 aromatic heterocycles. The fourth-order valence-electron chi connectivity index (χ4n) is 2.34. The smallest absolute Gasteiger partial charge is 0.261 e. The first kappa shape index (κ1) is 15.9. The van der Waals surface area contributed by atoms with E-state index in [1.807, 2.05) is 23.7 Å². The summed E-state index contributed by atoms with van der Waals surface area (Å²) >= 11 is 4.71. The Balaban J connectivity index is 1.60. The number of pyridine rings is 1. The highest BCUT2D eigenvalue weighted by Crippen LogP contribution is 2.22. The van der Waals surface area contributed by atoms with Gasteiger partial charge >= 0.3 is 0 Å². The normalized spacial score (nSPS) is 11.1. The summed E-state index contributed by atoms with van der Waals surface area (Å²) in [4.78, 5) is 17.0. The van der Waals surface area contributed by atoms with Crippen LogP contribution in [-0.4, -0.2) is 30.6 Å². The minimum atomic E-state index is -0.156. The highest BCUT2D eigenvalue weighted by Gasteiger charge is 2.16. The van der Waals surface area contributed by atoms with Crippen molar-refractivity contribution in [3.8, 4) is 11.5 Å². The van der Waals surface area contributed by atoms with Crippen molar-refractivity contribution in [1.82, 2.24) is 30.1 Å². The monoisotopic (exact) mass is 418 g/mol. The Bertz CT molecular complexity index is 1070. The van der Waals surface area contributed by atoms with E-state index in [1.54, 1.807) is 17.4 Å². The molecule has 25 heavy (non-hydrogen) atoms. The first-order chi connectivity index (χ1) is 12.1. The number of carbonyl (C=O) groups excluding carboxylic acids is 1. The number of fused-ring (bicyclic) bond motifs is 1. The molecule has 0 fully saturated rings. The lowest BCUT2D eigenvalue weighted by Gasteiger charge is -2.03. The van der Waals surface area contributed by atoms with Gasteiger partial charge in [-0.3, -0.25) is 9.20 Å². The van der Waals surface area contributed by atoms with Gasteiger partial charge in [-0.1, -0.05) is 5.16 Å². The second-order valence-electron chi connectivity index (χ2n) is 5.19. The molecule has 0 unspecified atom stereocenters. The van der Waals surface area contributed by atoms with E-state index in [0.29, 0.717) is 33.6 Å². The van der Waals surface area contributed by atoms with Crippen LogP contribution in [0.1, 0.15) is 21.3 Å². The predicted octanol–water partition coefficient (Wildman–Crippen LogP) is 2.84. The summed E-state index contributed by atoms with van der Waals surface area (Å²) in [6, 6.07) is 5.45. The Morgan fingerprint density at radius 1 is 1.44 bits per heavy atom.